The number of aliphatic hydroxyl groups excluding tert-OH is 1. The first-order chi connectivity index (χ1) is 7.68. The van der Waals surface area contributed by atoms with Crippen molar-refractivity contribution in [1.82, 2.24) is 5.32 Å². The molecule has 0 aromatic rings. The molecule has 1 unspecified atom stereocenters. The van der Waals surface area contributed by atoms with E-state index in [1.54, 1.807) is 5.57 Å². The number of ether oxygens (including phenoxy) is 1. The zero-order valence-corrected chi connectivity index (χ0v) is 10.5. The van der Waals surface area contributed by atoms with E-state index in [1.807, 2.05) is 13.8 Å². The van der Waals surface area contributed by atoms with Gasteiger partial charge in [-0.15, -0.1) is 0 Å². The largest absolute Gasteiger partial charge is 0.389 e. The summed E-state index contributed by atoms with van der Waals surface area (Å²) in [5.74, 6) is 0. The van der Waals surface area contributed by atoms with Gasteiger partial charge in [0.2, 0.25) is 0 Å². The summed E-state index contributed by atoms with van der Waals surface area (Å²) in [5.41, 5.74) is 1.57. The van der Waals surface area contributed by atoms with E-state index in [0.29, 0.717) is 13.2 Å². The first kappa shape index (κ1) is 13.7. The molecule has 0 fully saturated rings. The molecule has 0 amide bonds. The molecular formula is C13H25NO2. The summed E-state index contributed by atoms with van der Waals surface area (Å²) in [5, 5.41) is 12.9. The molecule has 0 aliphatic heterocycles. The van der Waals surface area contributed by atoms with E-state index in [1.165, 1.54) is 19.3 Å². The van der Waals surface area contributed by atoms with E-state index >= 15 is 0 Å². The molecule has 3 nitrogen and oxygen atoms in total. The molecule has 94 valence electrons. The molecule has 0 aromatic heterocycles. The molecule has 0 saturated carbocycles. The quantitative estimate of drug-likeness (QED) is 0.491. The maximum atomic E-state index is 9.59. The summed E-state index contributed by atoms with van der Waals surface area (Å²) in [6.45, 7) is 5.97. The van der Waals surface area contributed by atoms with Crippen LogP contribution < -0.4 is 5.32 Å². The summed E-state index contributed by atoms with van der Waals surface area (Å²) in [7, 11) is 0. The minimum absolute atomic E-state index is 0.193. The number of aliphatic hydroxyl groups is 1. The van der Waals surface area contributed by atoms with Gasteiger partial charge in [0.15, 0.2) is 0 Å². The third-order valence-electron chi connectivity index (χ3n) is 2.76. The number of allylic oxidation sites excluding steroid dienone is 1. The van der Waals surface area contributed by atoms with Crippen LogP contribution >= 0.6 is 0 Å². The third-order valence-corrected chi connectivity index (χ3v) is 2.76. The Kier molecular flexibility index (Phi) is 6.69. The van der Waals surface area contributed by atoms with Gasteiger partial charge in [-0.3, -0.25) is 0 Å². The first-order valence-electron chi connectivity index (χ1n) is 6.36. The molecule has 0 saturated heterocycles. The van der Waals surface area contributed by atoms with Gasteiger partial charge in [0.1, 0.15) is 0 Å². The molecule has 1 rings (SSSR count). The fourth-order valence-corrected chi connectivity index (χ4v) is 1.84. The highest BCUT2D eigenvalue weighted by molar-refractivity contribution is 5.07. The SMILES string of the molecule is CC(C)OCC(O)CNCCC1=CCCC1. The smallest absolute Gasteiger partial charge is 0.0897 e. The summed E-state index contributed by atoms with van der Waals surface area (Å²) in [6.07, 6.45) is 7.11. The molecule has 0 heterocycles. The van der Waals surface area contributed by atoms with Gasteiger partial charge >= 0.3 is 0 Å². The fraction of sp³-hybridized carbons (Fsp3) is 0.846. The van der Waals surface area contributed by atoms with Crippen molar-refractivity contribution in [1.29, 1.82) is 0 Å². The van der Waals surface area contributed by atoms with Crippen LogP contribution in [0.1, 0.15) is 39.5 Å². The molecule has 1 aliphatic rings. The van der Waals surface area contributed by atoms with Crippen molar-refractivity contribution in [2.24, 2.45) is 0 Å². The second-order valence-electron chi connectivity index (χ2n) is 4.74. The Morgan fingerprint density at radius 2 is 2.31 bits per heavy atom. The lowest BCUT2D eigenvalue weighted by Gasteiger charge is -2.14. The summed E-state index contributed by atoms with van der Waals surface area (Å²) in [6, 6.07) is 0. The molecule has 1 atom stereocenters. The average Bonchev–Trinajstić information content (AvgIpc) is 2.74. The van der Waals surface area contributed by atoms with Gasteiger partial charge in [0.25, 0.3) is 0 Å². The predicted octanol–water partition coefficient (Wildman–Crippen LogP) is 1.86. The fourth-order valence-electron chi connectivity index (χ4n) is 1.84. The average molecular weight is 227 g/mol. The van der Waals surface area contributed by atoms with Crippen LogP contribution in [0.15, 0.2) is 11.6 Å². The van der Waals surface area contributed by atoms with E-state index in [-0.39, 0.29) is 12.2 Å². The Hall–Kier alpha value is -0.380. The third kappa shape index (κ3) is 6.26. The Bertz CT molecular complexity index is 214. The van der Waals surface area contributed by atoms with Crippen LogP contribution in [0.4, 0.5) is 0 Å². The number of hydrogen-bond acceptors (Lipinski definition) is 3. The van der Waals surface area contributed by atoms with Crippen molar-refractivity contribution in [2.75, 3.05) is 19.7 Å². The molecule has 16 heavy (non-hydrogen) atoms. The predicted molar refractivity (Wildman–Crippen MR) is 66.5 cm³/mol. The monoisotopic (exact) mass is 227 g/mol. The van der Waals surface area contributed by atoms with Crippen molar-refractivity contribution in [3.63, 3.8) is 0 Å². The van der Waals surface area contributed by atoms with Gasteiger partial charge in [-0.2, -0.15) is 0 Å². The van der Waals surface area contributed by atoms with Crippen molar-refractivity contribution >= 4 is 0 Å². The lowest BCUT2D eigenvalue weighted by Crippen LogP contribution is -2.31. The summed E-state index contributed by atoms with van der Waals surface area (Å²) < 4.78 is 5.33. The highest BCUT2D eigenvalue weighted by Crippen LogP contribution is 2.19. The molecule has 1 aliphatic carbocycles. The maximum Gasteiger partial charge on any atom is 0.0897 e. The second-order valence-corrected chi connectivity index (χ2v) is 4.74. The number of nitrogens with one attached hydrogen (secondary N) is 1. The summed E-state index contributed by atoms with van der Waals surface area (Å²) >= 11 is 0. The minimum Gasteiger partial charge on any atom is -0.389 e. The normalized spacial score (nSPS) is 17.9. The van der Waals surface area contributed by atoms with Crippen LogP contribution in [0, 0.1) is 0 Å². The standard InChI is InChI=1S/C13H25NO2/c1-11(2)16-10-13(15)9-14-8-7-12-5-3-4-6-12/h5,11,13-15H,3-4,6-10H2,1-2H3. The van der Waals surface area contributed by atoms with Gasteiger partial charge < -0.3 is 15.2 Å². The van der Waals surface area contributed by atoms with Gasteiger partial charge in [-0.1, -0.05) is 11.6 Å². The van der Waals surface area contributed by atoms with E-state index in [4.69, 9.17) is 4.74 Å². The Morgan fingerprint density at radius 3 is 2.94 bits per heavy atom. The van der Waals surface area contributed by atoms with Crippen LogP contribution in [-0.4, -0.2) is 37.0 Å². The van der Waals surface area contributed by atoms with Crippen LogP contribution in [0.3, 0.4) is 0 Å². The Labute approximate surface area is 98.9 Å². The van der Waals surface area contributed by atoms with Gasteiger partial charge in [0.05, 0.1) is 18.8 Å². The van der Waals surface area contributed by atoms with Crippen LogP contribution in [0.2, 0.25) is 0 Å². The Balaban J connectivity index is 1.93. The topological polar surface area (TPSA) is 41.5 Å². The zero-order valence-electron chi connectivity index (χ0n) is 10.5. The van der Waals surface area contributed by atoms with Crippen molar-refractivity contribution in [2.45, 2.75) is 51.7 Å². The van der Waals surface area contributed by atoms with E-state index in [2.05, 4.69) is 11.4 Å². The molecule has 0 radical (unpaired) electrons. The lowest BCUT2D eigenvalue weighted by atomic mass is 10.2. The second kappa shape index (κ2) is 7.82. The summed E-state index contributed by atoms with van der Waals surface area (Å²) in [4.78, 5) is 0. The van der Waals surface area contributed by atoms with Gasteiger partial charge in [0, 0.05) is 6.54 Å². The number of rotatable bonds is 8. The van der Waals surface area contributed by atoms with Gasteiger partial charge in [-0.25, -0.2) is 0 Å². The van der Waals surface area contributed by atoms with E-state index < -0.39 is 0 Å². The van der Waals surface area contributed by atoms with E-state index in [0.717, 1.165) is 13.0 Å². The highest BCUT2D eigenvalue weighted by atomic mass is 16.5. The molecule has 3 heteroatoms. The van der Waals surface area contributed by atoms with Crippen LogP contribution in [0.25, 0.3) is 0 Å². The van der Waals surface area contributed by atoms with Gasteiger partial charge in [-0.05, 0) is 46.1 Å². The van der Waals surface area contributed by atoms with E-state index in [9.17, 15) is 5.11 Å². The zero-order chi connectivity index (χ0) is 11.8. The highest BCUT2D eigenvalue weighted by Gasteiger charge is 2.06. The van der Waals surface area contributed by atoms with Crippen LogP contribution in [0.5, 0.6) is 0 Å². The van der Waals surface area contributed by atoms with Crippen molar-refractivity contribution in [3.05, 3.63) is 11.6 Å². The lowest BCUT2D eigenvalue weighted by molar-refractivity contribution is 0.00652. The molecule has 0 bridgehead atoms. The molecular weight excluding hydrogens is 202 g/mol. The maximum absolute atomic E-state index is 9.59. The molecule has 0 aromatic carbocycles. The number of hydrogen-bond donors (Lipinski definition) is 2. The van der Waals surface area contributed by atoms with Crippen molar-refractivity contribution in [3.8, 4) is 0 Å². The molecule has 2 N–H and O–H groups in total. The first-order valence-corrected chi connectivity index (χ1v) is 6.36. The minimum atomic E-state index is -0.389. The Morgan fingerprint density at radius 1 is 1.50 bits per heavy atom. The molecule has 0 spiro atoms. The van der Waals surface area contributed by atoms with Crippen molar-refractivity contribution < 1.29 is 9.84 Å². The van der Waals surface area contributed by atoms with Crippen LogP contribution in [-0.2, 0) is 4.74 Å².